The van der Waals surface area contributed by atoms with Crippen molar-refractivity contribution < 1.29 is 0 Å². The van der Waals surface area contributed by atoms with Crippen molar-refractivity contribution in [3.05, 3.63) is 59.4 Å². The lowest BCUT2D eigenvalue weighted by Crippen LogP contribution is -1.81. The maximum absolute atomic E-state index is 5.96. The number of rotatable bonds is 2. The molecule has 2 heterocycles. The number of nitrogens with zero attached hydrogens (tertiary/aromatic N) is 2. The molecule has 0 aliphatic heterocycles. The first-order chi connectivity index (χ1) is 8.76. The fourth-order valence-corrected chi connectivity index (χ4v) is 2.18. The van der Waals surface area contributed by atoms with E-state index in [2.05, 4.69) is 36.2 Å². The highest BCUT2D eigenvalue weighted by molar-refractivity contribution is 8.93. The third kappa shape index (κ3) is 2.82. The Morgan fingerprint density at radius 1 is 1.05 bits per heavy atom. The van der Waals surface area contributed by atoms with Crippen molar-refractivity contribution in [1.29, 1.82) is 0 Å². The van der Waals surface area contributed by atoms with Crippen LogP contribution in [-0.2, 0) is 6.42 Å². The summed E-state index contributed by atoms with van der Waals surface area (Å²) in [6.07, 6.45) is 4.93. The summed E-state index contributed by atoms with van der Waals surface area (Å²) in [6, 6.07) is 12.3. The largest absolute Gasteiger partial charge is 0.305 e. The predicted octanol–water partition coefficient (Wildman–Crippen LogP) is 4.80. The van der Waals surface area contributed by atoms with E-state index in [4.69, 9.17) is 11.6 Å². The van der Waals surface area contributed by atoms with Gasteiger partial charge in [0.1, 0.15) is 5.65 Å². The van der Waals surface area contributed by atoms with Crippen LogP contribution in [0.1, 0.15) is 12.5 Å². The Balaban J connectivity index is 0.00000133. The first-order valence-electron chi connectivity index (χ1n) is 6.00. The zero-order valence-electron chi connectivity index (χ0n) is 10.5. The summed E-state index contributed by atoms with van der Waals surface area (Å²) in [6.45, 7) is 2.15. The van der Waals surface area contributed by atoms with E-state index >= 15 is 0 Å². The first kappa shape index (κ1) is 14.1. The SMILES string of the molecule is Br.CCc1ccc(-c2cn3cc(Cl)ccc3n2)cc1. The fourth-order valence-electron chi connectivity index (χ4n) is 2.01. The minimum atomic E-state index is 0. The molecule has 4 heteroatoms. The van der Waals surface area contributed by atoms with E-state index in [9.17, 15) is 0 Å². The molecular weight excluding hydrogens is 324 g/mol. The average molecular weight is 338 g/mol. The van der Waals surface area contributed by atoms with Crippen LogP contribution in [0.3, 0.4) is 0 Å². The average Bonchev–Trinajstić information content (AvgIpc) is 2.81. The number of pyridine rings is 1. The maximum Gasteiger partial charge on any atom is 0.137 e. The molecule has 0 unspecified atom stereocenters. The first-order valence-corrected chi connectivity index (χ1v) is 6.37. The second-order valence-electron chi connectivity index (χ2n) is 4.29. The van der Waals surface area contributed by atoms with Gasteiger partial charge in [0.2, 0.25) is 0 Å². The summed E-state index contributed by atoms with van der Waals surface area (Å²) in [5.41, 5.74) is 4.35. The van der Waals surface area contributed by atoms with Gasteiger partial charge < -0.3 is 4.40 Å². The molecule has 0 amide bonds. The standard InChI is InChI=1S/C15H13ClN2.BrH/c1-2-11-3-5-12(6-4-11)14-10-18-9-13(16)7-8-15(18)17-14;/h3-10H,2H2,1H3;1H. The van der Waals surface area contributed by atoms with Crippen LogP contribution in [0.25, 0.3) is 16.9 Å². The number of aryl methyl sites for hydroxylation is 1. The fraction of sp³-hybridized carbons (Fsp3) is 0.133. The third-order valence-electron chi connectivity index (χ3n) is 3.07. The predicted molar refractivity (Wildman–Crippen MR) is 85.3 cm³/mol. The molecule has 2 aromatic heterocycles. The van der Waals surface area contributed by atoms with E-state index in [1.807, 2.05) is 28.9 Å². The number of hydrogen-bond acceptors (Lipinski definition) is 1. The van der Waals surface area contributed by atoms with E-state index in [1.54, 1.807) is 0 Å². The van der Waals surface area contributed by atoms with Crippen LogP contribution in [0, 0.1) is 0 Å². The molecule has 0 aliphatic rings. The number of benzene rings is 1. The Kier molecular flexibility index (Phi) is 4.27. The summed E-state index contributed by atoms with van der Waals surface area (Å²) in [7, 11) is 0. The van der Waals surface area contributed by atoms with Crippen molar-refractivity contribution in [2.24, 2.45) is 0 Å². The van der Waals surface area contributed by atoms with Crippen LogP contribution in [-0.4, -0.2) is 9.38 Å². The third-order valence-corrected chi connectivity index (χ3v) is 3.30. The highest BCUT2D eigenvalue weighted by Gasteiger charge is 2.04. The zero-order chi connectivity index (χ0) is 12.5. The molecule has 0 saturated heterocycles. The number of halogens is 2. The van der Waals surface area contributed by atoms with Crippen LogP contribution in [0.4, 0.5) is 0 Å². The highest BCUT2D eigenvalue weighted by Crippen LogP contribution is 2.21. The summed E-state index contributed by atoms with van der Waals surface area (Å²) in [5.74, 6) is 0. The van der Waals surface area contributed by atoms with Crippen LogP contribution in [0.5, 0.6) is 0 Å². The molecule has 1 aromatic carbocycles. The summed E-state index contributed by atoms with van der Waals surface area (Å²) in [4.78, 5) is 4.58. The van der Waals surface area contributed by atoms with E-state index < -0.39 is 0 Å². The molecule has 98 valence electrons. The Morgan fingerprint density at radius 3 is 2.47 bits per heavy atom. The second-order valence-corrected chi connectivity index (χ2v) is 4.73. The van der Waals surface area contributed by atoms with Crippen molar-refractivity contribution in [3.8, 4) is 11.3 Å². The monoisotopic (exact) mass is 336 g/mol. The van der Waals surface area contributed by atoms with Crippen LogP contribution in [0.15, 0.2) is 48.8 Å². The highest BCUT2D eigenvalue weighted by atomic mass is 79.9. The lowest BCUT2D eigenvalue weighted by Gasteiger charge is -1.98. The van der Waals surface area contributed by atoms with Gasteiger partial charge in [0.25, 0.3) is 0 Å². The molecule has 0 N–H and O–H groups in total. The normalized spacial score (nSPS) is 10.4. The Hall–Kier alpha value is -1.32. The number of imidazole rings is 1. The molecule has 0 aliphatic carbocycles. The van der Waals surface area contributed by atoms with Crippen LogP contribution < -0.4 is 0 Å². The smallest absolute Gasteiger partial charge is 0.137 e. The van der Waals surface area contributed by atoms with E-state index in [-0.39, 0.29) is 17.0 Å². The molecule has 0 radical (unpaired) electrons. The molecule has 0 bridgehead atoms. The summed E-state index contributed by atoms with van der Waals surface area (Å²) >= 11 is 5.96. The van der Waals surface area contributed by atoms with Crippen molar-refractivity contribution in [1.82, 2.24) is 9.38 Å². The Labute approximate surface area is 127 Å². The minimum Gasteiger partial charge on any atom is -0.305 e. The van der Waals surface area contributed by atoms with E-state index in [0.717, 1.165) is 23.3 Å². The molecule has 2 nitrogen and oxygen atoms in total. The van der Waals surface area contributed by atoms with Gasteiger partial charge in [0, 0.05) is 18.0 Å². The Bertz CT molecular complexity index is 689. The Morgan fingerprint density at radius 2 is 1.79 bits per heavy atom. The lowest BCUT2D eigenvalue weighted by atomic mass is 10.1. The van der Waals surface area contributed by atoms with Crippen molar-refractivity contribution in [3.63, 3.8) is 0 Å². The topological polar surface area (TPSA) is 17.3 Å². The molecule has 0 fully saturated rings. The van der Waals surface area contributed by atoms with Crippen LogP contribution in [0.2, 0.25) is 5.02 Å². The van der Waals surface area contributed by atoms with Gasteiger partial charge in [-0.2, -0.15) is 0 Å². The zero-order valence-corrected chi connectivity index (χ0v) is 13.0. The number of aromatic nitrogens is 2. The van der Waals surface area contributed by atoms with Gasteiger partial charge in [-0.3, -0.25) is 0 Å². The van der Waals surface area contributed by atoms with E-state index in [1.165, 1.54) is 5.56 Å². The lowest BCUT2D eigenvalue weighted by molar-refractivity contribution is 1.14. The molecule has 19 heavy (non-hydrogen) atoms. The summed E-state index contributed by atoms with van der Waals surface area (Å²) < 4.78 is 1.95. The molecular formula is C15H14BrClN2. The van der Waals surface area contributed by atoms with Crippen LogP contribution >= 0.6 is 28.6 Å². The number of hydrogen-bond donors (Lipinski definition) is 0. The molecule has 3 rings (SSSR count). The quantitative estimate of drug-likeness (QED) is 0.657. The molecule has 3 aromatic rings. The van der Waals surface area contributed by atoms with E-state index in [0.29, 0.717) is 5.02 Å². The maximum atomic E-state index is 5.96. The van der Waals surface area contributed by atoms with Gasteiger partial charge in [-0.1, -0.05) is 42.8 Å². The van der Waals surface area contributed by atoms with Gasteiger partial charge in [0.15, 0.2) is 0 Å². The van der Waals surface area contributed by atoms with Gasteiger partial charge >= 0.3 is 0 Å². The molecule has 0 atom stereocenters. The minimum absolute atomic E-state index is 0. The summed E-state index contributed by atoms with van der Waals surface area (Å²) in [5, 5.41) is 0.716. The van der Waals surface area contributed by atoms with Gasteiger partial charge in [-0.15, -0.1) is 17.0 Å². The van der Waals surface area contributed by atoms with Crippen molar-refractivity contribution in [2.45, 2.75) is 13.3 Å². The number of fused-ring (bicyclic) bond motifs is 1. The second kappa shape index (κ2) is 5.76. The molecule has 0 spiro atoms. The van der Waals surface area contributed by atoms with Gasteiger partial charge in [0.05, 0.1) is 10.7 Å². The van der Waals surface area contributed by atoms with Crippen molar-refractivity contribution >= 4 is 34.2 Å². The van der Waals surface area contributed by atoms with Gasteiger partial charge in [-0.05, 0) is 24.1 Å². The van der Waals surface area contributed by atoms with Gasteiger partial charge in [-0.25, -0.2) is 4.98 Å². The van der Waals surface area contributed by atoms with Crippen molar-refractivity contribution in [2.75, 3.05) is 0 Å². The molecule has 0 saturated carbocycles.